The molecular weight excluding hydrogens is 338 g/mol. The Balaban J connectivity index is 1.91. The number of amides is 3. The smallest absolute Gasteiger partial charge is 0.330 e. The number of terminal acetylenes is 1. The number of nitrogens with zero attached hydrogens (tertiary/aromatic N) is 2. The number of ether oxygens (including phenoxy) is 1. The van der Waals surface area contributed by atoms with E-state index in [4.69, 9.17) is 16.0 Å². The topological polar surface area (TPSA) is 88.2 Å². The van der Waals surface area contributed by atoms with Crippen LogP contribution in [0.25, 0.3) is 0 Å². The third-order valence-corrected chi connectivity index (χ3v) is 4.87. The molecule has 0 radical (unpaired) electrons. The average Bonchev–Trinajstić information content (AvgIpc) is 3.00. The second-order valence-electron chi connectivity index (χ2n) is 7.12. The Morgan fingerprint density at radius 1 is 1.46 bits per heavy atom. The van der Waals surface area contributed by atoms with Crippen LogP contribution in [0.4, 0.5) is 4.79 Å². The highest BCUT2D eigenvalue weighted by atomic mass is 16.6. The third-order valence-electron chi connectivity index (χ3n) is 4.87. The van der Waals surface area contributed by atoms with Crippen LogP contribution in [0.3, 0.4) is 0 Å². The number of urea groups is 1. The molecule has 2 atom stereocenters. The van der Waals surface area contributed by atoms with Crippen molar-refractivity contribution in [3.8, 4) is 12.3 Å². The zero-order valence-corrected chi connectivity index (χ0v) is 15.6. The van der Waals surface area contributed by atoms with E-state index in [1.165, 1.54) is 4.90 Å². The van der Waals surface area contributed by atoms with Gasteiger partial charge in [-0.3, -0.25) is 9.59 Å². The first-order valence-electron chi connectivity index (χ1n) is 8.36. The van der Waals surface area contributed by atoms with Crippen LogP contribution < -0.4 is 5.48 Å². The Kier molecular flexibility index (Phi) is 6.05. The molecule has 142 valence electrons. The van der Waals surface area contributed by atoms with Gasteiger partial charge in [-0.15, -0.1) is 6.42 Å². The quantitative estimate of drug-likeness (QED) is 0.225. The second-order valence-corrected chi connectivity index (χ2v) is 7.12. The highest BCUT2D eigenvalue weighted by molar-refractivity contribution is 6.02. The van der Waals surface area contributed by atoms with E-state index < -0.39 is 17.9 Å². The monoisotopic (exact) mass is 363 g/mol. The maximum Gasteiger partial charge on any atom is 0.330 e. The molecule has 2 aliphatic rings. The summed E-state index contributed by atoms with van der Waals surface area (Å²) in [6.45, 7) is 6.05. The van der Waals surface area contributed by atoms with Gasteiger partial charge in [0.05, 0.1) is 19.6 Å². The Labute approximate surface area is 153 Å². The minimum atomic E-state index is -0.534. The van der Waals surface area contributed by atoms with Gasteiger partial charge >= 0.3 is 12.0 Å². The van der Waals surface area contributed by atoms with Crippen molar-refractivity contribution in [2.45, 2.75) is 20.8 Å². The van der Waals surface area contributed by atoms with Crippen molar-refractivity contribution in [2.24, 2.45) is 17.3 Å². The molecule has 26 heavy (non-hydrogen) atoms. The van der Waals surface area contributed by atoms with Gasteiger partial charge in [0.15, 0.2) is 6.73 Å². The molecule has 1 heterocycles. The zero-order valence-electron chi connectivity index (χ0n) is 15.6. The van der Waals surface area contributed by atoms with Crippen molar-refractivity contribution in [3.05, 3.63) is 11.6 Å². The van der Waals surface area contributed by atoms with E-state index in [1.807, 2.05) is 26.8 Å². The Hall–Kier alpha value is -2.37. The number of nitrogens with one attached hydrogen (secondary N) is 1. The summed E-state index contributed by atoms with van der Waals surface area (Å²) in [6.07, 6.45) is 7.20. The summed E-state index contributed by atoms with van der Waals surface area (Å²) in [4.78, 5) is 43.3. The molecule has 0 aromatic carbocycles. The molecule has 1 aliphatic heterocycles. The molecule has 0 aromatic rings. The van der Waals surface area contributed by atoms with Gasteiger partial charge in [0.2, 0.25) is 0 Å². The molecule has 2 fully saturated rings. The summed E-state index contributed by atoms with van der Waals surface area (Å²) in [5, 5.41) is 0. The van der Waals surface area contributed by atoms with E-state index in [0.717, 1.165) is 10.5 Å². The van der Waals surface area contributed by atoms with Crippen LogP contribution in [0, 0.1) is 29.6 Å². The molecule has 8 nitrogen and oxygen atoms in total. The molecular formula is C18H25N3O5. The van der Waals surface area contributed by atoms with E-state index in [-0.39, 0.29) is 37.1 Å². The molecule has 1 saturated heterocycles. The Bertz CT molecular complexity index is 664. The van der Waals surface area contributed by atoms with Gasteiger partial charge in [-0.05, 0) is 18.3 Å². The summed E-state index contributed by atoms with van der Waals surface area (Å²) in [6, 6.07) is -0.534. The fourth-order valence-corrected chi connectivity index (χ4v) is 3.16. The maximum atomic E-state index is 12.4. The molecule has 0 aromatic heterocycles. The lowest BCUT2D eigenvalue weighted by atomic mass is 10.1. The van der Waals surface area contributed by atoms with Crippen LogP contribution in [0.2, 0.25) is 0 Å². The van der Waals surface area contributed by atoms with Gasteiger partial charge in [0.25, 0.3) is 5.91 Å². The summed E-state index contributed by atoms with van der Waals surface area (Å²) in [5.74, 6) is 1.21. The molecule has 0 spiro atoms. The summed E-state index contributed by atoms with van der Waals surface area (Å²) in [7, 11) is 1.54. The zero-order chi connectivity index (χ0) is 19.5. The Morgan fingerprint density at radius 2 is 2.15 bits per heavy atom. The molecule has 2 rings (SSSR count). The van der Waals surface area contributed by atoms with Crippen LogP contribution in [0.5, 0.6) is 0 Å². The highest BCUT2D eigenvalue weighted by Crippen LogP contribution is 2.59. The number of esters is 1. The highest BCUT2D eigenvalue weighted by Gasteiger charge is 2.61. The first-order chi connectivity index (χ1) is 12.2. The fourth-order valence-electron chi connectivity index (χ4n) is 3.16. The van der Waals surface area contributed by atoms with Crippen molar-refractivity contribution >= 4 is 17.9 Å². The van der Waals surface area contributed by atoms with Gasteiger partial charge in [-0.25, -0.2) is 9.69 Å². The first kappa shape index (κ1) is 19.9. The standard InChI is InChI=1S/C18H25N3O5/c1-6-7-20-10-14(22)21(17(20)24)11-26-16(23)15-13(18(15,3)4)8-12(2)9-19-25-5/h1,8,13,15,19H,7,9-11H2,2-5H3/b12-8+. The number of carbonyl (C=O) groups is 3. The molecule has 1 N–H and O–H groups in total. The van der Waals surface area contributed by atoms with Crippen molar-refractivity contribution in [1.29, 1.82) is 0 Å². The number of hydrogen-bond donors (Lipinski definition) is 1. The Morgan fingerprint density at radius 3 is 2.77 bits per heavy atom. The van der Waals surface area contributed by atoms with Crippen molar-refractivity contribution in [2.75, 3.05) is 33.5 Å². The fraction of sp³-hybridized carbons (Fsp3) is 0.611. The first-order valence-corrected chi connectivity index (χ1v) is 8.36. The summed E-state index contributed by atoms with van der Waals surface area (Å²) >= 11 is 0. The van der Waals surface area contributed by atoms with Crippen LogP contribution in [-0.2, 0) is 19.2 Å². The normalized spacial score (nSPS) is 24.7. The van der Waals surface area contributed by atoms with E-state index in [0.29, 0.717) is 6.54 Å². The molecule has 0 bridgehead atoms. The van der Waals surface area contributed by atoms with Gasteiger partial charge in [0, 0.05) is 6.54 Å². The molecule has 3 amide bonds. The number of hydroxylamine groups is 1. The number of imide groups is 1. The SMILES string of the molecule is C#CCN1CC(=O)N(COC(=O)C2C(/C=C(\C)CNOC)C2(C)C)C1=O. The van der Waals surface area contributed by atoms with Gasteiger partial charge < -0.3 is 14.5 Å². The number of rotatable bonds is 8. The van der Waals surface area contributed by atoms with E-state index in [9.17, 15) is 14.4 Å². The lowest BCUT2D eigenvalue weighted by molar-refractivity contribution is -0.151. The minimum Gasteiger partial charge on any atom is -0.443 e. The number of carbonyl (C=O) groups excluding carboxylic acids is 3. The lowest BCUT2D eigenvalue weighted by Gasteiger charge is -2.15. The van der Waals surface area contributed by atoms with Crippen LogP contribution in [0.15, 0.2) is 11.6 Å². The van der Waals surface area contributed by atoms with Gasteiger partial charge in [0.1, 0.15) is 6.54 Å². The second kappa shape index (κ2) is 7.89. The van der Waals surface area contributed by atoms with E-state index in [1.54, 1.807) is 7.11 Å². The lowest BCUT2D eigenvalue weighted by Crippen LogP contribution is -2.36. The van der Waals surface area contributed by atoms with Gasteiger partial charge in [-0.1, -0.05) is 31.4 Å². The largest absolute Gasteiger partial charge is 0.443 e. The number of hydrogen-bond acceptors (Lipinski definition) is 6. The summed E-state index contributed by atoms with van der Waals surface area (Å²) < 4.78 is 5.24. The molecule has 8 heteroatoms. The molecule has 2 unspecified atom stereocenters. The van der Waals surface area contributed by atoms with Gasteiger partial charge in [-0.2, -0.15) is 5.48 Å². The number of allylic oxidation sites excluding steroid dienone is 1. The maximum absolute atomic E-state index is 12.4. The van der Waals surface area contributed by atoms with Crippen LogP contribution >= 0.6 is 0 Å². The van der Waals surface area contributed by atoms with E-state index >= 15 is 0 Å². The van der Waals surface area contributed by atoms with Crippen molar-refractivity contribution in [1.82, 2.24) is 15.3 Å². The van der Waals surface area contributed by atoms with Crippen molar-refractivity contribution in [3.63, 3.8) is 0 Å². The average molecular weight is 363 g/mol. The predicted molar refractivity (Wildman–Crippen MR) is 93.1 cm³/mol. The van der Waals surface area contributed by atoms with Crippen LogP contribution in [0.1, 0.15) is 20.8 Å². The predicted octanol–water partition coefficient (Wildman–Crippen LogP) is 0.754. The van der Waals surface area contributed by atoms with E-state index in [2.05, 4.69) is 11.4 Å². The minimum absolute atomic E-state index is 0.0385. The molecule has 1 saturated carbocycles. The third kappa shape index (κ3) is 4.06. The van der Waals surface area contributed by atoms with Crippen LogP contribution in [-0.4, -0.2) is 61.2 Å². The van der Waals surface area contributed by atoms with Crippen molar-refractivity contribution < 1.29 is 24.0 Å². The summed E-state index contributed by atoms with van der Waals surface area (Å²) in [5.41, 5.74) is 3.57. The molecule has 1 aliphatic carbocycles.